The average Bonchev–Trinajstić information content (AvgIpc) is 1.75. The van der Waals surface area contributed by atoms with Crippen LogP contribution in [0.2, 0.25) is 0 Å². The molecule has 8 heteroatoms. The van der Waals surface area contributed by atoms with Gasteiger partial charge in [0.25, 0.3) is 0 Å². The molecule has 0 spiro atoms. The normalized spacial score (nSPS) is 2.44. The minimum Gasteiger partial charge on any atom is -0.267 e. The number of hydrogen-bond acceptors (Lipinski definition) is 4. The van der Waals surface area contributed by atoms with E-state index in [0.717, 1.165) is 0 Å². The highest BCUT2D eigenvalue weighted by molar-refractivity contribution is 4.18. The van der Waals surface area contributed by atoms with Crippen molar-refractivity contribution in [2.75, 3.05) is 0 Å². The second-order valence-electron chi connectivity index (χ2n) is 0.183. The highest BCUT2D eigenvalue weighted by atomic mass is 16.6. The Balaban J connectivity index is -0.0000000202. The van der Waals surface area contributed by atoms with Crippen molar-refractivity contribution in [3.05, 3.63) is 20.6 Å². The summed E-state index contributed by atoms with van der Waals surface area (Å²) in [5.41, 5.74) is 12.2. The summed E-state index contributed by atoms with van der Waals surface area (Å²) in [4.78, 5) is 9.88. The van der Waals surface area contributed by atoms with Crippen molar-refractivity contribution in [1.29, 1.82) is 10.8 Å². The van der Waals surface area contributed by atoms with E-state index in [2.05, 4.69) is 6.57 Å². The van der Waals surface area contributed by atoms with Crippen LogP contribution in [0.3, 0.4) is 0 Å². The Kier molecular flexibility index (Phi) is 19400. The highest BCUT2D eigenvalue weighted by Gasteiger charge is 1.10. The van der Waals surface area contributed by atoms with Crippen LogP contribution in [0.25, 0.3) is 10.4 Å². The predicted octanol–water partition coefficient (Wildman–Crippen LogP) is -0.830. The SMILES string of the molecule is C#N.O=[NH+][O-].[N-]=[N+]=N.[OH]. The Morgan fingerprint density at radius 1 is 1.78 bits per heavy atom. The van der Waals surface area contributed by atoms with Crippen LogP contribution < -0.4 is 5.34 Å². The Bertz CT molecular complexity index is 81.4. The molecule has 0 amide bonds. The van der Waals surface area contributed by atoms with Crippen LogP contribution in [0.15, 0.2) is 0 Å². The first kappa shape index (κ1) is 27.2. The van der Waals surface area contributed by atoms with Crippen LogP contribution in [-0.4, -0.2) is 5.48 Å². The summed E-state index contributed by atoms with van der Waals surface area (Å²) in [7, 11) is 0. The van der Waals surface area contributed by atoms with E-state index in [9.17, 15) is 0 Å². The molecular weight excluding hydrogens is 130 g/mol. The molecule has 0 aliphatic heterocycles. The van der Waals surface area contributed by atoms with Crippen LogP contribution in [-0.2, 0) is 0 Å². The van der Waals surface area contributed by atoms with Gasteiger partial charge in [-0.3, -0.25) is 15.6 Å². The molecule has 3 N–H and O–H groups in total. The van der Waals surface area contributed by atoms with Gasteiger partial charge < -0.3 is 0 Å². The molecule has 0 fully saturated rings. The van der Waals surface area contributed by atoms with Crippen LogP contribution in [0.1, 0.15) is 0 Å². The van der Waals surface area contributed by atoms with Crippen molar-refractivity contribution in [3.63, 3.8) is 0 Å². The van der Waals surface area contributed by atoms with Gasteiger partial charge in [-0.1, -0.05) is 0 Å². The maximum Gasteiger partial charge on any atom is 0.0462 e. The second kappa shape index (κ2) is 6410. The fraction of sp³-hybridized carbons (Fsp3) is 0. The van der Waals surface area contributed by atoms with Gasteiger partial charge in [-0.05, 0) is 10.4 Å². The molecule has 0 bridgehead atoms. The van der Waals surface area contributed by atoms with Gasteiger partial charge in [-0.25, -0.2) is 5.26 Å². The fourth-order valence-corrected chi connectivity index (χ4v) is 0. The summed E-state index contributed by atoms with van der Waals surface area (Å²) in [5, 5.41) is 14.9. The van der Waals surface area contributed by atoms with Crippen LogP contribution in [0, 0.1) is 27.5 Å². The van der Waals surface area contributed by atoms with Gasteiger partial charge in [0.1, 0.15) is 0 Å². The summed E-state index contributed by atoms with van der Waals surface area (Å²) in [6.07, 6.45) is 0. The summed E-state index contributed by atoms with van der Waals surface area (Å²) < 4.78 is 0. The van der Waals surface area contributed by atoms with Crippen molar-refractivity contribution >= 4 is 0 Å². The van der Waals surface area contributed by atoms with E-state index in [0.29, 0.717) is 0 Å². The third-order valence-electron chi connectivity index (χ3n) is 0. The fourth-order valence-electron chi connectivity index (χ4n) is 0. The van der Waals surface area contributed by atoms with E-state index in [-0.39, 0.29) is 10.8 Å². The quantitative estimate of drug-likeness (QED) is 0.129. The van der Waals surface area contributed by atoms with Gasteiger partial charge in [0.05, 0.1) is 0 Å². The van der Waals surface area contributed by atoms with Gasteiger partial charge in [0.2, 0.25) is 0 Å². The standard InChI is InChI=1S/CHN.HN3.HNO2.HO/c1-2;1-3-2;2-1-3;/h1H;2*1H;1H. The molecule has 0 unspecified atom stereocenters. The molecule has 1 radical (unpaired) electrons. The lowest BCUT2D eigenvalue weighted by atomic mass is 11.9. The average molecular weight is 134 g/mol. The Morgan fingerprint density at radius 3 is 1.78 bits per heavy atom. The van der Waals surface area contributed by atoms with Gasteiger partial charge >= 0.3 is 0 Å². The van der Waals surface area contributed by atoms with Crippen LogP contribution in [0.5, 0.6) is 0 Å². The summed E-state index contributed by atoms with van der Waals surface area (Å²) in [5.74, 6) is 0. The van der Waals surface area contributed by atoms with Crippen LogP contribution >= 0.6 is 0 Å². The summed E-state index contributed by atoms with van der Waals surface area (Å²) in [6, 6.07) is 0. The maximum atomic E-state index is 8.12. The molecule has 0 heterocycles. The highest BCUT2D eigenvalue weighted by Crippen LogP contribution is 1.24. The van der Waals surface area contributed by atoms with Gasteiger partial charge in [-0.15, -0.1) is 5.53 Å². The topological polar surface area (TPSA) is 168 Å². The van der Waals surface area contributed by atoms with Crippen molar-refractivity contribution in [2.24, 2.45) is 0 Å². The number of hydrogen-bond donors (Lipinski definition) is 3. The van der Waals surface area contributed by atoms with Gasteiger partial charge in [0, 0.05) is 11.9 Å². The molecule has 0 saturated heterocycles. The van der Waals surface area contributed by atoms with Crippen LogP contribution in [0.4, 0.5) is 0 Å². The molecule has 0 aromatic heterocycles. The number of rotatable bonds is 0. The first-order valence-electron chi connectivity index (χ1n) is 1.09. The van der Waals surface area contributed by atoms with Crippen molar-refractivity contribution in [2.45, 2.75) is 0 Å². The molecule has 0 rings (SSSR count). The maximum absolute atomic E-state index is 8.12. The van der Waals surface area contributed by atoms with E-state index < -0.39 is 0 Å². The molecule has 51 valence electrons. The summed E-state index contributed by atoms with van der Waals surface area (Å²) >= 11 is 0. The number of nitrogens with zero attached hydrogens (tertiary/aromatic N) is 3. The van der Waals surface area contributed by atoms with Crippen molar-refractivity contribution in [3.8, 4) is 6.57 Å². The Labute approximate surface area is 50.0 Å². The third kappa shape index (κ3) is 31.5. The molecule has 0 aliphatic rings. The van der Waals surface area contributed by atoms with Gasteiger partial charge in [-0.2, -0.15) is 0 Å². The molecule has 0 saturated carbocycles. The Morgan fingerprint density at radius 2 is 1.78 bits per heavy atom. The molecule has 9 heavy (non-hydrogen) atoms. The molecule has 0 aliphatic carbocycles. The third-order valence-corrected chi connectivity index (χ3v) is 0. The lowest BCUT2D eigenvalue weighted by molar-refractivity contribution is -0.398. The van der Waals surface area contributed by atoms with E-state index in [1.807, 2.05) is 0 Å². The first-order chi connectivity index (χ1) is 3.83. The smallest absolute Gasteiger partial charge is 0.0462 e. The molecule has 8 nitrogen and oxygen atoms in total. The monoisotopic (exact) mass is 134 g/mol. The molecule has 0 aromatic carbocycles. The number of nitrogens with one attached hydrogen (secondary N) is 2. The second-order valence-corrected chi connectivity index (χ2v) is 0.183. The first-order valence-corrected chi connectivity index (χ1v) is 1.09. The molecule has 0 atom stereocenters. The zero-order valence-corrected chi connectivity index (χ0v) is 4.18. The van der Waals surface area contributed by atoms with Crippen molar-refractivity contribution in [1.82, 2.24) is 0 Å². The lowest BCUT2D eigenvalue weighted by Crippen LogP contribution is -2.53. The zero-order chi connectivity index (χ0) is 7.41. The Hall–Kier alpha value is -1.84. The van der Waals surface area contributed by atoms with E-state index in [4.69, 9.17) is 26.4 Å². The molecular formula is CH4N5O3. The minimum absolute atomic E-state index is 0. The van der Waals surface area contributed by atoms with E-state index >= 15 is 0 Å². The van der Waals surface area contributed by atoms with Gasteiger partial charge in [0.15, 0.2) is 0 Å². The minimum atomic E-state index is 0. The van der Waals surface area contributed by atoms with Crippen molar-refractivity contribution < 1.29 is 10.8 Å². The van der Waals surface area contributed by atoms with E-state index in [1.165, 1.54) is 0 Å². The zero-order valence-electron chi connectivity index (χ0n) is 4.18. The number of nitriles is 1. The van der Waals surface area contributed by atoms with E-state index in [1.54, 1.807) is 4.91 Å². The molecule has 0 aromatic rings. The predicted molar refractivity (Wildman–Crippen MR) is 25.7 cm³/mol. The largest absolute Gasteiger partial charge is 0.267 e. The lowest BCUT2D eigenvalue weighted by Gasteiger charge is -1.36. The summed E-state index contributed by atoms with van der Waals surface area (Å²) in [6.45, 7) is 3.50.